The summed E-state index contributed by atoms with van der Waals surface area (Å²) in [5.41, 5.74) is 1.28. The lowest BCUT2D eigenvalue weighted by Gasteiger charge is -2.33. The van der Waals surface area contributed by atoms with E-state index in [1.54, 1.807) is 0 Å². The molecule has 124 valence electrons. The van der Waals surface area contributed by atoms with Crippen LogP contribution in [0.2, 0.25) is 0 Å². The van der Waals surface area contributed by atoms with Gasteiger partial charge in [0.2, 0.25) is 5.91 Å². The lowest BCUT2D eigenvalue weighted by Crippen LogP contribution is -2.40. The number of likely N-dealkylation sites (tertiary alicyclic amines) is 1. The molecular formula is C19H25NO3. The highest BCUT2D eigenvalue weighted by Gasteiger charge is 2.59. The number of hydrogen-bond donors (Lipinski definition) is 1. The molecule has 1 heterocycles. The van der Waals surface area contributed by atoms with Crippen LogP contribution in [0, 0.1) is 11.3 Å². The van der Waals surface area contributed by atoms with Crippen LogP contribution in [0.15, 0.2) is 30.3 Å². The van der Waals surface area contributed by atoms with Crippen molar-refractivity contribution in [3.63, 3.8) is 0 Å². The summed E-state index contributed by atoms with van der Waals surface area (Å²) in [5.74, 6) is -0.231. The number of nitrogens with zero attached hydrogens (tertiary/aromatic N) is 1. The number of carboxylic acid groups (broad SMARTS) is 1. The molecule has 1 N–H and O–H groups in total. The Kier molecular flexibility index (Phi) is 4.42. The fraction of sp³-hybridized carbons (Fsp3) is 0.579. The van der Waals surface area contributed by atoms with Gasteiger partial charge >= 0.3 is 5.97 Å². The summed E-state index contributed by atoms with van der Waals surface area (Å²) in [7, 11) is 0. The average molecular weight is 315 g/mol. The average Bonchev–Trinajstić information content (AvgIpc) is 3.27. The van der Waals surface area contributed by atoms with E-state index in [0.29, 0.717) is 12.3 Å². The summed E-state index contributed by atoms with van der Waals surface area (Å²) < 4.78 is 0. The minimum Gasteiger partial charge on any atom is -0.481 e. The van der Waals surface area contributed by atoms with Crippen molar-refractivity contribution < 1.29 is 14.7 Å². The Morgan fingerprint density at radius 2 is 1.91 bits per heavy atom. The van der Waals surface area contributed by atoms with Crippen molar-refractivity contribution in [1.29, 1.82) is 0 Å². The van der Waals surface area contributed by atoms with E-state index in [9.17, 15) is 9.59 Å². The Bertz CT molecular complexity index is 576. The fourth-order valence-electron chi connectivity index (χ4n) is 3.90. The van der Waals surface area contributed by atoms with Crippen LogP contribution in [0.5, 0.6) is 0 Å². The zero-order valence-electron chi connectivity index (χ0n) is 13.7. The highest BCUT2D eigenvalue weighted by atomic mass is 16.4. The van der Waals surface area contributed by atoms with Crippen LogP contribution < -0.4 is 0 Å². The normalized spacial score (nSPS) is 23.5. The smallest absolute Gasteiger partial charge is 0.307 e. The molecule has 1 aromatic carbocycles. The summed E-state index contributed by atoms with van der Waals surface area (Å²) in [4.78, 5) is 25.4. The predicted octanol–water partition coefficient (Wildman–Crippen LogP) is 3.28. The number of benzene rings is 1. The van der Waals surface area contributed by atoms with Crippen LogP contribution in [-0.4, -0.2) is 35.0 Å². The van der Waals surface area contributed by atoms with Crippen LogP contribution in [0.3, 0.4) is 0 Å². The SMILES string of the molecule is CC(CCC(=O)N1CCC2(CC1)CC2C(=O)O)c1ccccc1. The summed E-state index contributed by atoms with van der Waals surface area (Å²) in [6.07, 6.45) is 3.94. The van der Waals surface area contributed by atoms with E-state index >= 15 is 0 Å². The van der Waals surface area contributed by atoms with Gasteiger partial charge in [-0.05, 0) is 42.6 Å². The number of carboxylic acids is 1. The monoisotopic (exact) mass is 315 g/mol. The molecule has 2 aliphatic rings. The molecule has 0 bridgehead atoms. The molecule has 1 spiro atoms. The lowest BCUT2D eigenvalue weighted by molar-refractivity contribution is -0.139. The van der Waals surface area contributed by atoms with Gasteiger partial charge in [0.25, 0.3) is 0 Å². The van der Waals surface area contributed by atoms with Gasteiger partial charge in [0.15, 0.2) is 0 Å². The van der Waals surface area contributed by atoms with Crippen molar-refractivity contribution in [3.8, 4) is 0 Å². The largest absolute Gasteiger partial charge is 0.481 e. The van der Waals surface area contributed by atoms with Gasteiger partial charge in [-0.2, -0.15) is 0 Å². The number of carbonyl (C=O) groups excluding carboxylic acids is 1. The number of hydrogen-bond acceptors (Lipinski definition) is 2. The van der Waals surface area contributed by atoms with Gasteiger partial charge in [0, 0.05) is 19.5 Å². The quantitative estimate of drug-likeness (QED) is 0.907. The van der Waals surface area contributed by atoms with Crippen LogP contribution in [-0.2, 0) is 9.59 Å². The standard InChI is InChI=1S/C19H25NO3/c1-14(15-5-3-2-4-6-15)7-8-17(21)20-11-9-19(10-12-20)13-16(19)18(22)23/h2-6,14,16H,7-13H2,1H3,(H,22,23). The first-order valence-electron chi connectivity index (χ1n) is 8.57. The van der Waals surface area contributed by atoms with E-state index in [0.717, 1.165) is 38.8 Å². The molecule has 2 atom stereocenters. The molecule has 3 rings (SSSR count). The summed E-state index contributed by atoms with van der Waals surface area (Å²) in [6.45, 7) is 3.61. The predicted molar refractivity (Wildman–Crippen MR) is 88.1 cm³/mol. The molecule has 0 aromatic heterocycles. The molecule has 0 radical (unpaired) electrons. The van der Waals surface area contributed by atoms with Crippen LogP contribution in [0.1, 0.15) is 50.5 Å². The van der Waals surface area contributed by atoms with E-state index in [1.807, 2.05) is 23.1 Å². The highest BCUT2D eigenvalue weighted by molar-refractivity contribution is 5.77. The van der Waals surface area contributed by atoms with E-state index in [1.165, 1.54) is 5.56 Å². The number of rotatable bonds is 5. The van der Waals surface area contributed by atoms with Gasteiger partial charge in [0.1, 0.15) is 0 Å². The van der Waals surface area contributed by atoms with Gasteiger partial charge in [-0.15, -0.1) is 0 Å². The Morgan fingerprint density at radius 3 is 2.48 bits per heavy atom. The molecule has 2 fully saturated rings. The lowest BCUT2D eigenvalue weighted by atomic mass is 9.90. The maximum Gasteiger partial charge on any atom is 0.307 e. The van der Waals surface area contributed by atoms with Crippen molar-refractivity contribution in [2.24, 2.45) is 11.3 Å². The Morgan fingerprint density at radius 1 is 1.26 bits per heavy atom. The van der Waals surface area contributed by atoms with E-state index in [-0.39, 0.29) is 17.2 Å². The van der Waals surface area contributed by atoms with Crippen LogP contribution >= 0.6 is 0 Å². The first kappa shape index (κ1) is 16.0. The second-order valence-electron chi connectivity index (χ2n) is 7.19. The number of aliphatic carboxylic acids is 1. The second-order valence-corrected chi connectivity index (χ2v) is 7.19. The minimum atomic E-state index is -0.665. The van der Waals surface area contributed by atoms with Gasteiger partial charge in [-0.1, -0.05) is 37.3 Å². The van der Waals surface area contributed by atoms with Crippen LogP contribution in [0.25, 0.3) is 0 Å². The molecule has 1 amide bonds. The topological polar surface area (TPSA) is 57.6 Å². The van der Waals surface area contributed by atoms with Crippen molar-refractivity contribution >= 4 is 11.9 Å². The summed E-state index contributed by atoms with van der Waals surface area (Å²) in [5, 5.41) is 9.12. The summed E-state index contributed by atoms with van der Waals surface area (Å²) in [6, 6.07) is 10.3. The molecule has 2 unspecified atom stereocenters. The van der Waals surface area contributed by atoms with Crippen LogP contribution in [0.4, 0.5) is 0 Å². The molecule has 1 saturated carbocycles. The molecule has 1 aromatic rings. The minimum absolute atomic E-state index is 0.0000560. The third-order valence-corrected chi connectivity index (χ3v) is 5.76. The molecule has 1 saturated heterocycles. The molecule has 23 heavy (non-hydrogen) atoms. The Labute approximate surface area is 137 Å². The highest BCUT2D eigenvalue weighted by Crippen LogP contribution is 2.59. The molecule has 1 aliphatic heterocycles. The van der Waals surface area contributed by atoms with Gasteiger partial charge in [-0.25, -0.2) is 0 Å². The first-order valence-corrected chi connectivity index (χ1v) is 8.57. The zero-order chi connectivity index (χ0) is 16.4. The third kappa shape index (κ3) is 3.41. The fourth-order valence-corrected chi connectivity index (χ4v) is 3.90. The van der Waals surface area contributed by atoms with E-state index in [2.05, 4.69) is 19.1 Å². The zero-order valence-corrected chi connectivity index (χ0v) is 13.7. The molecule has 4 heteroatoms. The number of piperidine rings is 1. The maximum atomic E-state index is 12.4. The van der Waals surface area contributed by atoms with Crippen molar-refractivity contribution in [1.82, 2.24) is 4.90 Å². The Balaban J connectivity index is 1.44. The van der Waals surface area contributed by atoms with Gasteiger partial charge in [-0.3, -0.25) is 9.59 Å². The molecular weight excluding hydrogens is 290 g/mol. The number of amides is 1. The van der Waals surface area contributed by atoms with Gasteiger partial charge in [0.05, 0.1) is 5.92 Å². The van der Waals surface area contributed by atoms with E-state index in [4.69, 9.17) is 5.11 Å². The third-order valence-electron chi connectivity index (χ3n) is 5.76. The van der Waals surface area contributed by atoms with Crippen molar-refractivity contribution in [2.75, 3.05) is 13.1 Å². The maximum absolute atomic E-state index is 12.4. The second kappa shape index (κ2) is 6.34. The number of carbonyl (C=O) groups is 2. The summed E-state index contributed by atoms with van der Waals surface area (Å²) >= 11 is 0. The Hall–Kier alpha value is -1.84. The van der Waals surface area contributed by atoms with Crippen molar-refractivity contribution in [2.45, 2.75) is 44.9 Å². The first-order chi connectivity index (χ1) is 11.0. The van der Waals surface area contributed by atoms with E-state index < -0.39 is 5.97 Å². The molecule has 4 nitrogen and oxygen atoms in total. The molecule has 1 aliphatic carbocycles. The van der Waals surface area contributed by atoms with Crippen molar-refractivity contribution in [3.05, 3.63) is 35.9 Å². The van der Waals surface area contributed by atoms with Gasteiger partial charge < -0.3 is 10.0 Å².